The zero-order valence-corrected chi connectivity index (χ0v) is 17.1. The number of thioether (sulfide) groups is 1. The topological polar surface area (TPSA) is 55.8 Å². The highest BCUT2D eigenvalue weighted by Crippen LogP contribution is 2.17. The van der Waals surface area contributed by atoms with E-state index in [1.54, 1.807) is 30.8 Å². The molecule has 7 heteroatoms. The van der Waals surface area contributed by atoms with E-state index in [2.05, 4.69) is 25.3 Å². The highest BCUT2D eigenvalue weighted by molar-refractivity contribution is 8.22. The molecule has 0 radical (unpaired) electrons. The van der Waals surface area contributed by atoms with Gasteiger partial charge in [-0.2, -0.15) is 0 Å². The smallest absolute Gasteiger partial charge is 0.338 e. The van der Waals surface area contributed by atoms with Gasteiger partial charge in [0.1, 0.15) is 17.5 Å². The fraction of sp³-hybridized carbons (Fsp3) is 0.421. The second-order valence-corrected chi connectivity index (χ2v) is 7.09. The van der Waals surface area contributed by atoms with Gasteiger partial charge in [-0.15, -0.1) is 0 Å². The van der Waals surface area contributed by atoms with E-state index in [9.17, 15) is 9.59 Å². The Morgan fingerprint density at radius 3 is 2.23 bits per heavy atom. The van der Waals surface area contributed by atoms with Gasteiger partial charge in [-0.25, -0.2) is 9.59 Å². The van der Waals surface area contributed by atoms with Gasteiger partial charge in [-0.3, -0.25) is 0 Å². The van der Waals surface area contributed by atoms with Crippen LogP contribution >= 0.6 is 24.0 Å². The lowest BCUT2D eigenvalue weighted by Crippen LogP contribution is -2.26. The molecule has 0 aliphatic carbocycles. The number of hydrogen-bond acceptors (Lipinski definition) is 6. The standard InChI is InChI=1S/C19H25NO4S2/c1-5-20(6-2)19(25)26-13-15-7-9-16(10-8-15)18(22)24-12-11-23-17(21)14(3)4/h7-10H,3,5-6,11-13H2,1-2,4H3. The van der Waals surface area contributed by atoms with Crippen molar-refractivity contribution < 1.29 is 19.1 Å². The molecule has 0 spiro atoms. The maximum Gasteiger partial charge on any atom is 0.338 e. The van der Waals surface area contributed by atoms with Crippen LogP contribution < -0.4 is 0 Å². The Hall–Kier alpha value is -1.86. The molecule has 0 amide bonds. The molecule has 1 rings (SSSR count). The summed E-state index contributed by atoms with van der Waals surface area (Å²) in [5, 5.41) is 0. The number of carbonyl (C=O) groups excluding carboxylic acids is 2. The second kappa shape index (κ2) is 11.7. The molecule has 0 fully saturated rings. The summed E-state index contributed by atoms with van der Waals surface area (Å²) in [5.41, 5.74) is 1.85. The van der Waals surface area contributed by atoms with E-state index in [-0.39, 0.29) is 13.2 Å². The molecule has 0 atom stereocenters. The molecule has 5 nitrogen and oxygen atoms in total. The average molecular weight is 396 g/mol. The van der Waals surface area contributed by atoms with E-state index in [4.69, 9.17) is 21.7 Å². The van der Waals surface area contributed by atoms with Crippen LogP contribution in [0.15, 0.2) is 36.4 Å². The van der Waals surface area contributed by atoms with Crippen molar-refractivity contribution in [1.82, 2.24) is 4.90 Å². The van der Waals surface area contributed by atoms with Crippen LogP contribution in [0, 0.1) is 0 Å². The first-order valence-corrected chi connectivity index (χ1v) is 9.78. The molecule has 0 saturated heterocycles. The molecule has 26 heavy (non-hydrogen) atoms. The summed E-state index contributed by atoms with van der Waals surface area (Å²) in [6, 6.07) is 7.21. The van der Waals surface area contributed by atoms with Crippen molar-refractivity contribution in [3.05, 3.63) is 47.5 Å². The van der Waals surface area contributed by atoms with Gasteiger partial charge in [0.25, 0.3) is 0 Å². The van der Waals surface area contributed by atoms with Gasteiger partial charge < -0.3 is 14.4 Å². The molecule has 0 aliphatic rings. The van der Waals surface area contributed by atoms with Gasteiger partial charge in [-0.05, 0) is 38.5 Å². The molecule has 0 aliphatic heterocycles. The quantitative estimate of drug-likeness (QED) is 0.273. The van der Waals surface area contributed by atoms with E-state index in [0.717, 1.165) is 28.7 Å². The van der Waals surface area contributed by atoms with Gasteiger partial charge in [0, 0.05) is 24.4 Å². The first-order valence-electron chi connectivity index (χ1n) is 8.39. The van der Waals surface area contributed by atoms with Crippen molar-refractivity contribution in [3.63, 3.8) is 0 Å². The Morgan fingerprint density at radius 2 is 1.69 bits per heavy atom. The van der Waals surface area contributed by atoms with E-state index in [0.29, 0.717) is 11.1 Å². The van der Waals surface area contributed by atoms with E-state index in [1.807, 2.05) is 12.1 Å². The lowest BCUT2D eigenvalue weighted by Gasteiger charge is -2.20. The molecule has 0 unspecified atom stereocenters. The number of ether oxygens (including phenoxy) is 2. The van der Waals surface area contributed by atoms with Crippen LogP contribution in [0.4, 0.5) is 0 Å². The van der Waals surface area contributed by atoms with Crippen molar-refractivity contribution >= 4 is 40.2 Å². The van der Waals surface area contributed by atoms with Gasteiger partial charge in [0.2, 0.25) is 0 Å². The monoisotopic (exact) mass is 395 g/mol. The van der Waals surface area contributed by atoms with Crippen LogP contribution in [0.5, 0.6) is 0 Å². The summed E-state index contributed by atoms with van der Waals surface area (Å²) >= 11 is 7.02. The number of nitrogens with zero attached hydrogens (tertiary/aromatic N) is 1. The third-order valence-electron chi connectivity index (χ3n) is 3.47. The van der Waals surface area contributed by atoms with Crippen LogP contribution in [0.2, 0.25) is 0 Å². The molecule has 142 valence electrons. The third-order valence-corrected chi connectivity index (χ3v) is 5.07. The fourth-order valence-corrected chi connectivity index (χ4v) is 3.29. The zero-order valence-electron chi connectivity index (χ0n) is 15.4. The van der Waals surface area contributed by atoms with Crippen molar-refractivity contribution in [2.45, 2.75) is 26.5 Å². The normalized spacial score (nSPS) is 10.1. The Bertz CT molecular complexity index is 639. The minimum Gasteiger partial charge on any atom is -0.459 e. The van der Waals surface area contributed by atoms with Crippen LogP contribution in [-0.2, 0) is 20.0 Å². The summed E-state index contributed by atoms with van der Waals surface area (Å²) in [6.45, 7) is 11.0. The first kappa shape index (κ1) is 22.2. The van der Waals surface area contributed by atoms with Gasteiger partial charge in [-0.1, -0.05) is 42.7 Å². The third kappa shape index (κ3) is 7.58. The number of benzene rings is 1. The maximum atomic E-state index is 12.0. The highest BCUT2D eigenvalue weighted by Gasteiger charge is 2.10. The van der Waals surface area contributed by atoms with Crippen LogP contribution in [-0.4, -0.2) is 47.5 Å². The molecule has 0 aromatic heterocycles. The van der Waals surface area contributed by atoms with Gasteiger partial charge in [0.15, 0.2) is 0 Å². The van der Waals surface area contributed by atoms with Crippen molar-refractivity contribution in [2.24, 2.45) is 0 Å². The number of rotatable bonds is 9. The largest absolute Gasteiger partial charge is 0.459 e. The van der Waals surface area contributed by atoms with Crippen molar-refractivity contribution in [3.8, 4) is 0 Å². The summed E-state index contributed by atoms with van der Waals surface area (Å²) in [4.78, 5) is 25.3. The number of hydrogen-bond donors (Lipinski definition) is 0. The fourth-order valence-electron chi connectivity index (χ4n) is 1.93. The summed E-state index contributed by atoms with van der Waals surface area (Å²) in [5.74, 6) is -0.193. The Morgan fingerprint density at radius 1 is 1.12 bits per heavy atom. The van der Waals surface area contributed by atoms with E-state index < -0.39 is 11.9 Å². The lowest BCUT2D eigenvalue weighted by molar-refractivity contribution is -0.140. The second-order valence-electron chi connectivity index (χ2n) is 5.48. The van der Waals surface area contributed by atoms with Gasteiger partial charge in [0.05, 0.1) is 5.56 Å². The Balaban J connectivity index is 2.41. The van der Waals surface area contributed by atoms with Crippen molar-refractivity contribution in [1.29, 1.82) is 0 Å². The summed E-state index contributed by atoms with van der Waals surface area (Å²) in [6.07, 6.45) is 0. The van der Waals surface area contributed by atoms with E-state index >= 15 is 0 Å². The summed E-state index contributed by atoms with van der Waals surface area (Å²) in [7, 11) is 0. The number of esters is 2. The number of thiocarbonyl (C=S) groups is 1. The lowest BCUT2D eigenvalue weighted by atomic mass is 10.1. The first-order chi connectivity index (χ1) is 12.4. The van der Waals surface area contributed by atoms with Crippen LogP contribution in [0.1, 0.15) is 36.7 Å². The molecular weight excluding hydrogens is 370 g/mol. The van der Waals surface area contributed by atoms with Crippen molar-refractivity contribution in [2.75, 3.05) is 26.3 Å². The molecule has 0 N–H and O–H groups in total. The predicted molar refractivity (Wildman–Crippen MR) is 109 cm³/mol. The summed E-state index contributed by atoms with van der Waals surface area (Å²) < 4.78 is 10.8. The Labute approximate surface area is 164 Å². The molecule has 0 bridgehead atoms. The highest BCUT2D eigenvalue weighted by atomic mass is 32.2. The van der Waals surface area contributed by atoms with Gasteiger partial charge >= 0.3 is 11.9 Å². The molecule has 0 heterocycles. The predicted octanol–water partition coefficient (Wildman–Crippen LogP) is 3.82. The minimum atomic E-state index is -0.495. The minimum absolute atomic E-state index is 0.00754. The molecule has 1 aromatic carbocycles. The molecule has 0 saturated carbocycles. The molecular formula is C19H25NO4S2. The SMILES string of the molecule is C=C(C)C(=O)OCCOC(=O)c1ccc(CSC(=S)N(CC)CC)cc1. The maximum absolute atomic E-state index is 12.0. The van der Waals surface area contributed by atoms with E-state index in [1.165, 1.54) is 0 Å². The zero-order chi connectivity index (χ0) is 19.5. The molecule has 1 aromatic rings. The van der Waals surface area contributed by atoms with Crippen LogP contribution in [0.25, 0.3) is 0 Å². The Kier molecular flexibility index (Phi) is 9.98. The number of carbonyl (C=O) groups is 2. The average Bonchev–Trinajstić information content (AvgIpc) is 2.64. The van der Waals surface area contributed by atoms with Crippen LogP contribution in [0.3, 0.4) is 0 Å².